The molecule has 2 aromatic heterocycles. The molecule has 9 heteroatoms. The van der Waals surface area contributed by atoms with Gasteiger partial charge in [-0.3, -0.25) is 14.2 Å². The molecule has 1 amide bonds. The third-order valence-corrected chi connectivity index (χ3v) is 3.87. The summed E-state index contributed by atoms with van der Waals surface area (Å²) in [6, 6.07) is 7.27. The number of aryl methyl sites for hydroxylation is 1. The van der Waals surface area contributed by atoms with E-state index in [0.29, 0.717) is 29.8 Å². The van der Waals surface area contributed by atoms with Crippen molar-refractivity contribution in [2.24, 2.45) is 0 Å². The Hall–Kier alpha value is -3.49. The molecular formula is C19H21N5O4. The van der Waals surface area contributed by atoms with Gasteiger partial charge in [-0.15, -0.1) is 0 Å². The van der Waals surface area contributed by atoms with Crippen LogP contribution < -0.4 is 20.3 Å². The van der Waals surface area contributed by atoms with Crippen LogP contribution in [-0.4, -0.2) is 38.6 Å². The highest BCUT2D eigenvalue weighted by Crippen LogP contribution is 2.23. The molecule has 9 nitrogen and oxygen atoms in total. The quantitative estimate of drug-likeness (QED) is 0.634. The number of anilines is 1. The van der Waals surface area contributed by atoms with Gasteiger partial charge in [0.15, 0.2) is 0 Å². The number of hydrogen-bond donors (Lipinski definition) is 1. The second-order valence-electron chi connectivity index (χ2n) is 5.80. The average molecular weight is 383 g/mol. The van der Waals surface area contributed by atoms with E-state index in [1.807, 2.05) is 19.9 Å². The van der Waals surface area contributed by atoms with Crippen molar-refractivity contribution in [2.75, 3.05) is 18.5 Å². The fraction of sp³-hybridized carbons (Fsp3) is 0.316. The molecule has 0 spiro atoms. The molecule has 0 bridgehead atoms. The molecule has 0 fully saturated rings. The third kappa shape index (κ3) is 4.43. The minimum atomic E-state index is -0.297. The first kappa shape index (κ1) is 19.3. The molecule has 3 aromatic rings. The Morgan fingerprint density at radius 1 is 1.14 bits per heavy atom. The van der Waals surface area contributed by atoms with E-state index in [2.05, 4.69) is 20.3 Å². The number of aromatic nitrogens is 4. The number of fused-ring (bicyclic) bond motifs is 1. The van der Waals surface area contributed by atoms with Gasteiger partial charge >= 0.3 is 6.01 Å². The van der Waals surface area contributed by atoms with Crippen LogP contribution >= 0.6 is 0 Å². The largest absolute Gasteiger partial charge is 0.476 e. The van der Waals surface area contributed by atoms with E-state index >= 15 is 0 Å². The van der Waals surface area contributed by atoms with E-state index in [4.69, 9.17) is 9.47 Å². The van der Waals surface area contributed by atoms with Gasteiger partial charge in [-0.05, 0) is 26.0 Å². The number of rotatable bonds is 8. The molecule has 0 radical (unpaired) electrons. The normalized spacial score (nSPS) is 10.6. The van der Waals surface area contributed by atoms with Crippen LogP contribution in [0.2, 0.25) is 0 Å². The van der Waals surface area contributed by atoms with Crippen LogP contribution in [-0.2, 0) is 11.3 Å². The molecule has 2 heterocycles. The number of hydrogen-bond acceptors (Lipinski definition) is 7. The second kappa shape index (κ2) is 8.94. The Bertz CT molecular complexity index is 1030. The van der Waals surface area contributed by atoms with Gasteiger partial charge in [0, 0.05) is 13.0 Å². The summed E-state index contributed by atoms with van der Waals surface area (Å²) >= 11 is 0. The lowest BCUT2D eigenvalue weighted by Crippen LogP contribution is -2.24. The minimum absolute atomic E-state index is 0.0820. The monoisotopic (exact) mass is 383 g/mol. The number of carbonyl (C=O) groups is 1. The second-order valence-corrected chi connectivity index (χ2v) is 5.80. The first-order valence-electron chi connectivity index (χ1n) is 8.99. The smallest absolute Gasteiger partial charge is 0.319 e. The maximum absolute atomic E-state index is 12.5. The number of benzene rings is 1. The van der Waals surface area contributed by atoms with E-state index < -0.39 is 0 Å². The van der Waals surface area contributed by atoms with E-state index in [1.54, 1.807) is 18.2 Å². The van der Waals surface area contributed by atoms with Gasteiger partial charge in [0.25, 0.3) is 5.56 Å². The number of carbonyl (C=O) groups excluding carboxylic acids is 1. The first-order chi connectivity index (χ1) is 13.6. The van der Waals surface area contributed by atoms with E-state index in [1.165, 1.54) is 17.1 Å². The lowest BCUT2D eigenvalue weighted by Gasteiger charge is -2.12. The molecule has 0 atom stereocenters. The molecule has 1 N–H and O–H groups in total. The number of amides is 1. The van der Waals surface area contributed by atoms with Gasteiger partial charge in [-0.1, -0.05) is 12.1 Å². The van der Waals surface area contributed by atoms with Crippen LogP contribution in [0, 0.1) is 0 Å². The van der Waals surface area contributed by atoms with Crippen molar-refractivity contribution >= 4 is 22.5 Å². The van der Waals surface area contributed by atoms with Gasteiger partial charge in [-0.25, -0.2) is 9.97 Å². The van der Waals surface area contributed by atoms with Crippen LogP contribution in [0.3, 0.4) is 0 Å². The molecule has 3 rings (SSSR count). The lowest BCUT2D eigenvalue weighted by atomic mass is 10.2. The van der Waals surface area contributed by atoms with Gasteiger partial charge in [0.05, 0.1) is 36.6 Å². The Kier molecular flexibility index (Phi) is 6.15. The zero-order chi connectivity index (χ0) is 19.9. The van der Waals surface area contributed by atoms with Gasteiger partial charge in [0.1, 0.15) is 5.69 Å². The highest BCUT2D eigenvalue weighted by molar-refractivity contribution is 5.91. The molecule has 0 saturated heterocycles. The van der Waals surface area contributed by atoms with Crippen LogP contribution in [0.15, 0.2) is 41.6 Å². The molecule has 0 unspecified atom stereocenters. The standard InChI is InChI=1S/C19H21N5O4/c1-3-27-17-15(11-20-19(23-17)28-4-2)22-16(25)9-10-24-12-21-14-8-6-5-7-13(14)18(24)26/h5-8,11-12H,3-4,9-10H2,1-2H3,(H,22,25). The zero-order valence-electron chi connectivity index (χ0n) is 15.7. The summed E-state index contributed by atoms with van der Waals surface area (Å²) in [6.45, 7) is 4.63. The first-order valence-corrected chi connectivity index (χ1v) is 8.99. The van der Waals surface area contributed by atoms with E-state index in [-0.39, 0.29) is 36.3 Å². The molecule has 28 heavy (non-hydrogen) atoms. The molecular weight excluding hydrogens is 362 g/mol. The van der Waals surface area contributed by atoms with Gasteiger partial charge in [0.2, 0.25) is 11.8 Å². The number of para-hydroxylation sites is 1. The highest BCUT2D eigenvalue weighted by atomic mass is 16.5. The summed E-state index contributed by atoms with van der Waals surface area (Å²) in [7, 11) is 0. The molecule has 1 aromatic carbocycles. The fourth-order valence-corrected chi connectivity index (χ4v) is 2.58. The maximum Gasteiger partial charge on any atom is 0.319 e. The molecule has 0 saturated carbocycles. The number of ether oxygens (including phenoxy) is 2. The van der Waals surface area contributed by atoms with E-state index in [9.17, 15) is 9.59 Å². The maximum atomic E-state index is 12.5. The van der Waals surface area contributed by atoms with Crippen molar-refractivity contribution in [1.29, 1.82) is 0 Å². The van der Waals surface area contributed by atoms with Crippen LogP contribution in [0.1, 0.15) is 20.3 Å². The molecule has 146 valence electrons. The third-order valence-electron chi connectivity index (χ3n) is 3.87. The molecule has 0 aliphatic carbocycles. The van der Waals surface area contributed by atoms with Crippen molar-refractivity contribution in [3.8, 4) is 11.9 Å². The van der Waals surface area contributed by atoms with E-state index in [0.717, 1.165) is 0 Å². The van der Waals surface area contributed by atoms with Crippen LogP contribution in [0.5, 0.6) is 11.9 Å². The predicted molar refractivity (Wildman–Crippen MR) is 104 cm³/mol. The Morgan fingerprint density at radius 3 is 2.71 bits per heavy atom. The van der Waals surface area contributed by atoms with Gasteiger partial charge in [-0.2, -0.15) is 4.98 Å². The fourth-order valence-electron chi connectivity index (χ4n) is 2.58. The zero-order valence-corrected chi connectivity index (χ0v) is 15.7. The van der Waals surface area contributed by atoms with Crippen molar-refractivity contribution in [2.45, 2.75) is 26.8 Å². The topological polar surface area (TPSA) is 108 Å². The summed E-state index contributed by atoms with van der Waals surface area (Å²) in [4.78, 5) is 37.2. The summed E-state index contributed by atoms with van der Waals surface area (Å²) in [5, 5.41) is 3.23. The molecule has 0 aliphatic rings. The van der Waals surface area contributed by atoms with Crippen molar-refractivity contribution < 1.29 is 14.3 Å². The summed E-state index contributed by atoms with van der Waals surface area (Å²) in [5.41, 5.74) is 0.790. The van der Waals surface area contributed by atoms with Crippen molar-refractivity contribution in [3.05, 3.63) is 47.1 Å². The summed E-state index contributed by atoms with van der Waals surface area (Å²) < 4.78 is 12.1. The average Bonchev–Trinajstić information content (AvgIpc) is 2.70. The SMILES string of the molecule is CCOc1ncc(NC(=O)CCn2cnc3ccccc3c2=O)c(OCC)n1. The minimum Gasteiger partial charge on any atom is -0.476 e. The van der Waals surface area contributed by atoms with Crippen molar-refractivity contribution in [3.63, 3.8) is 0 Å². The Balaban J connectivity index is 1.69. The van der Waals surface area contributed by atoms with Gasteiger partial charge < -0.3 is 14.8 Å². The number of nitrogens with one attached hydrogen (secondary N) is 1. The lowest BCUT2D eigenvalue weighted by molar-refractivity contribution is -0.116. The summed E-state index contributed by atoms with van der Waals surface area (Å²) in [5.74, 6) is -0.0624. The van der Waals surface area contributed by atoms with Crippen molar-refractivity contribution in [1.82, 2.24) is 19.5 Å². The highest BCUT2D eigenvalue weighted by Gasteiger charge is 2.13. The predicted octanol–water partition coefficient (Wildman–Crippen LogP) is 2.01. The van der Waals surface area contributed by atoms with Crippen LogP contribution in [0.25, 0.3) is 10.9 Å². The molecule has 0 aliphatic heterocycles. The van der Waals surface area contributed by atoms with Crippen LogP contribution in [0.4, 0.5) is 5.69 Å². The Labute approximate surface area is 161 Å². The Morgan fingerprint density at radius 2 is 1.93 bits per heavy atom. The number of nitrogens with zero attached hydrogens (tertiary/aromatic N) is 4. The summed E-state index contributed by atoms with van der Waals surface area (Å²) in [6.07, 6.45) is 2.97.